The number of H-pyrrole nitrogens is 1. The molecule has 1 unspecified atom stereocenters. The van der Waals surface area contributed by atoms with Gasteiger partial charge in [0.1, 0.15) is 17.4 Å². The Morgan fingerprint density at radius 1 is 1.11 bits per heavy atom. The summed E-state index contributed by atoms with van der Waals surface area (Å²) in [6.45, 7) is 11.8. The van der Waals surface area contributed by atoms with Crippen LogP contribution in [0.2, 0.25) is 0 Å². The van der Waals surface area contributed by atoms with Crippen LogP contribution >= 0.6 is 0 Å². The number of carbonyl (C=O) groups excluding carboxylic acids is 1. The van der Waals surface area contributed by atoms with Gasteiger partial charge in [-0.1, -0.05) is 13.0 Å². The van der Waals surface area contributed by atoms with Crippen LogP contribution in [-0.4, -0.2) is 34.1 Å². The second-order valence-corrected chi connectivity index (χ2v) is 7.06. The Balaban J connectivity index is 1.98. The van der Waals surface area contributed by atoms with Crippen molar-refractivity contribution in [2.24, 2.45) is 0 Å². The molecule has 0 spiro atoms. The van der Waals surface area contributed by atoms with Gasteiger partial charge in [0.2, 0.25) is 0 Å². The zero-order valence-electron chi connectivity index (χ0n) is 16.7. The quantitative estimate of drug-likeness (QED) is 0.707. The van der Waals surface area contributed by atoms with Crippen molar-refractivity contribution in [2.75, 3.05) is 18.0 Å². The summed E-state index contributed by atoms with van der Waals surface area (Å²) in [7, 11) is 0. The fourth-order valence-corrected chi connectivity index (χ4v) is 4.13. The van der Waals surface area contributed by atoms with Gasteiger partial charge in [-0.15, -0.1) is 0 Å². The van der Waals surface area contributed by atoms with Gasteiger partial charge >= 0.3 is 0 Å². The minimum Gasteiger partial charge on any atom is -0.510 e. The fraction of sp³-hybridized carbons (Fsp3) is 0.409. The van der Waals surface area contributed by atoms with E-state index >= 15 is 0 Å². The number of Topliss-reactive ketones (excluding diaryl/α,β-unsaturated/α-hetero) is 1. The van der Waals surface area contributed by atoms with Crippen molar-refractivity contribution in [2.45, 2.75) is 47.0 Å². The molecular weight excluding hydrogens is 340 g/mol. The molecule has 0 fully saturated rings. The standard InChI is InChI=1S/C22H28N2O3/c1-6-15-12(4)20(23-13(15)5)19-21(26)18(22(19)27)16-10-9-14(11-17(16)25)24(7-2)8-3/h9-11,18,23,25-26H,6-8H2,1-5H3. The summed E-state index contributed by atoms with van der Waals surface area (Å²) in [5.41, 5.74) is 5.59. The number of phenols is 1. The van der Waals surface area contributed by atoms with E-state index in [9.17, 15) is 15.0 Å². The van der Waals surface area contributed by atoms with Crippen LogP contribution in [-0.2, 0) is 11.2 Å². The molecule has 144 valence electrons. The van der Waals surface area contributed by atoms with Crippen LogP contribution in [0.5, 0.6) is 5.75 Å². The number of ketones is 1. The summed E-state index contributed by atoms with van der Waals surface area (Å²) < 4.78 is 0. The van der Waals surface area contributed by atoms with Crippen LogP contribution in [0.4, 0.5) is 5.69 Å². The van der Waals surface area contributed by atoms with E-state index in [-0.39, 0.29) is 17.3 Å². The predicted molar refractivity (Wildman–Crippen MR) is 109 cm³/mol. The molecule has 1 aliphatic carbocycles. The van der Waals surface area contributed by atoms with Crippen molar-refractivity contribution in [3.8, 4) is 5.75 Å². The summed E-state index contributed by atoms with van der Waals surface area (Å²) >= 11 is 0. The summed E-state index contributed by atoms with van der Waals surface area (Å²) in [5, 5.41) is 21.1. The predicted octanol–water partition coefficient (Wildman–Crippen LogP) is 4.38. The molecule has 0 amide bonds. The number of aliphatic hydroxyl groups is 1. The van der Waals surface area contributed by atoms with E-state index in [2.05, 4.69) is 30.7 Å². The number of aromatic nitrogens is 1. The SMILES string of the molecule is CCc1c(C)[nH]c(C2=C(O)C(c3ccc(N(CC)CC)cc3O)C2=O)c1C. The Bertz CT molecular complexity index is 920. The number of aromatic hydroxyl groups is 1. The number of benzene rings is 1. The number of phenolic OH excluding ortho intramolecular Hbond substituents is 1. The Morgan fingerprint density at radius 3 is 2.26 bits per heavy atom. The van der Waals surface area contributed by atoms with Crippen molar-refractivity contribution < 1.29 is 15.0 Å². The summed E-state index contributed by atoms with van der Waals surface area (Å²) in [6, 6.07) is 5.29. The largest absolute Gasteiger partial charge is 0.510 e. The smallest absolute Gasteiger partial charge is 0.183 e. The van der Waals surface area contributed by atoms with E-state index in [1.807, 2.05) is 19.9 Å². The molecule has 0 radical (unpaired) electrons. The Labute approximate surface area is 160 Å². The van der Waals surface area contributed by atoms with E-state index in [0.29, 0.717) is 16.8 Å². The van der Waals surface area contributed by atoms with Crippen molar-refractivity contribution in [1.82, 2.24) is 4.98 Å². The minimum atomic E-state index is -0.793. The third-order valence-electron chi connectivity index (χ3n) is 5.69. The molecule has 0 saturated carbocycles. The number of nitrogens with zero attached hydrogens (tertiary/aromatic N) is 1. The number of hydrogen-bond acceptors (Lipinski definition) is 4. The van der Waals surface area contributed by atoms with Crippen LogP contribution in [0.25, 0.3) is 5.57 Å². The van der Waals surface area contributed by atoms with Gasteiger partial charge in [-0.3, -0.25) is 4.79 Å². The second kappa shape index (κ2) is 7.14. The molecule has 1 atom stereocenters. The first kappa shape index (κ1) is 19.1. The van der Waals surface area contributed by atoms with Crippen molar-refractivity contribution in [3.63, 3.8) is 0 Å². The Morgan fingerprint density at radius 2 is 1.78 bits per heavy atom. The van der Waals surface area contributed by atoms with Gasteiger partial charge in [0.15, 0.2) is 5.78 Å². The van der Waals surface area contributed by atoms with Crippen LogP contribution < -0.4 is 4.90 Å². The Hall–Kier alpha value is -2.69. The van der Waals surface area contributed by atoms with E-state index < -0.39 is 5.92 Å². The zero-order valence-corrected chi connectivity index (χ0v) is 16.7. The topological polar surface area (TPSA) is 76.6 Å². The maximum absolute atomic E-state index is 12.9. The molecule has 2 aromatic rings. The summed E-state index contributed by atoms with van der Waals surface area (Å²) in [4.78, 5) is 18.2. The average Bonchev–Trinajstić information content (AvgIpc) is 2.91. The van der Waals surface area contributed by atoms with Gasteiger partial charge in [-0.25, -0.2) is 0 Å². The molecule has 0 bridgehead atoms. The highest BCUT2D eigenvalue weighted by Crippen LogP contribution is 2.46. The number of nitrogens with one attached hydrogen (secondary N) is 1. The van der Waals surface area contributed by atoms with Gasteiger partial charge < -0.3 is 20.1 Å². The molecule has 27 heavy (non-hydrogen) atoms. The normalized spacial score (nSPS) is 16.6. The highest BCUT2D eigenvalue weighted by atomic mass is 16.3. The highest BCUT2D eigenvalue weighted by molar-refractivity contribution is 6.32. The number of anilines is 1. The molecule has 1 heterocycles. The third-order valence-corrected chi connectivity index (χ3v) is 5.69. The van der Waals surface area contributed by atoms with Gasteiger partial charge in [-0.2, -0.15) is 0 Å². The van der Waals surface area contributed by atoms with Crippen molar-refractivity contribution in [3.05, 3.63) is 52.0 Å². The average molecular weight is 368 g/mol. The molecule has 5 nitrogen and oxygen atoms in total. The van der Waals surface area contributed by atoms with Crippen molar-refractivity contribution >= 4 is 17.0 Å². The zero-order chi connectivity index (χ0) is 19.9. The van der Waals surface area contributed by atoms with Crippen LogP contribution in [0.15, 0.2) is 24.0 Å². The van der Waals surface area contributed by atoms with E-state index in [4.69, 9.17) is 0 Å². The lowest BCUT2D eigenvalue weighted by atomic mass is 9.75. The van der Waals surface area contributed by atoms with E-state index in [1.165, 1.54) is 5.56 Å². The molecule has 3 N–H and O–H groups in total. The molecule has 5 heteroatoms. The first-order valence-corrected chi connectivity index (χ1v) is 9.59. The maximum atomic E-state index is 12.9. The molecule has 1 aromatic carbocycles. The number of hydrogen-bond donors (Lipinski definition) is 3. The third kappa shape index (κ3) is 2.91. The number of aryl methyl sites for hydroxylation is 1. The molecule has 0 saturated heterocycles. The summed E-state index contributed by atoms with van der Waals surface area (Å²) in [5.74, 6) is -0.890. The van der Waals surface area contributed by atoms with Gasteiger partial charge in [0.25, 0.3) is 0 Å². The number of aliphatic hydroxyl groups excluding tert-OH is 1. The first-order chi connectivity index (χ1) is 12.8. The van der Waals surface area contributed by atoms with Gasteiger partial charge in [-0.05, 0) is 51.3 Å². The Kier molecular flexibility index (Phi) is 5.05. The van der Waals surface area contributed by atoms with E-state index in [0.717, 1.165) is 36.5 Å². The lowest BCUT2D eigenvalue weighted by Crippen LogP contribution is -2.29. The lowest BCUT2D eigenvalue weighted by molar-refractivity contribution is -0.116. The highest BCUT2D eigenvalue weighted by Gasteiger charge is 2.44. The number of rotatable bonds is 6. The number of carbonyl (C=O) groups is 1. The van der Waals surface area contributed by atoms with Crippen LogP contribution in [0.1, 0.15) is 54.8 Å². The van der Waals surface area contributed by atoms with Gasteiger partial charge in [0.05, 0.1) is 11.3 Å². The molecule has 3 rings (SSSR count). The minimum absolute atomic E-state index is 0.0258. The van der Waals surface area contributed by atoms with Crippen LogP contribution in [0, 0.1) is 13.8 Å². The molecule has 1 aromatic heterocycles. The molecule has 1 aliphatic rings. The van der Waals surface area contributed by atoms with Crippen LogP contribution in [0.3, 0.4) is 0 Å². The first-order valence-electron chi connectivity index (χ1n) is 9.59. The molecule has 0 aliphatic heterocycles. The number of allylic oxidation sites excluding steroid dienone is 2. The molecular formula is C22H28N2O3. The summed E-state index contributed by atoms with van der Waals surface area (Å²) in [6.07, 6.45) is 0.868. The second-order valence-electron chi connectivity index (χ2n) is 7.06. The monoisotopic (exact) mass is 368 g/mol. The van der Waals surface area contributed by atoms with E-state index in [1.54, 1.807) is 12.1 Å². The number of aromatic amines is 1. The fourth-order valence-electron chi connectivity index (χ4n) is 4.13. The van der Waals surface area contributed by atoms with Crippen molar-refractivity contribution in [1.29, 1.82) is 0 Å². The van der Waals surface area contributed by atoms with Gasteiger partial charge in [0, 0.05) is 36.1 Å². The maximum Gasteiger partial charge on any atom is 0.183 e. The lowest BCUT2D eigenvalue weighted by Gasteiger charge is -2.29.